The van der Waals surface area contributed by atoms with Crippen LogP contribution in [0.25, 0.3) is 0 Å². The van der Waals surface area contributed by atoms with Crippen LogP contribution in [0.2, 0.25) is 0 Å². The standard InChI is InChI=1S/C20H23NO2/c1-16(15-21(2)3)14-20(23,18-12-8-5-9-13-18)19(22)17-10-6-4-7-11-17/h4-13,23H,1,14-15H2,2-3H3. The number of Topliss-reactive ketones (excluding diaryl/α,β-unsaturated/α-hetero) is 1. The normalized spacial score (nSPS) is 13.6. The van der Waals surface area contributed by atoms with Gasteiger partial charge in [0, 0.05) is 18.5 Å². The minimum Gasteiger partial charge on any atom is -0.377 e. The van der Waals surface area contributed by atoms with E-state index in [4.69, 9.17) is 0 Å². The van der Waals surface area contributed by atoms with Crippen LogP contribution < -0.4 is 0 Å². The lowest BCUT2D eigenvalue weighted by Crippen LogP contribution is -2.37. The molecule has 0 radical (unpaired) electrons. The minimum atomic E-state index is -1.60. The van der Waals surface area contributed by atoms with E-state index in [1.54, 1.807) is 36.4 Å². The number of carbonyl (C=O) groups is 1. The highest BCUT2D eigenvalue weighted by Gasteiger charge is 2.38. The predicted octanol–water partition coefficient (Wildman–Crippen LogP) is 3.27. The van der Waals surface area contributed by atoms with Crippen LogP contribution >= 0.6 is 0 Å². The van der Waals surface area contributed by atoms with E-state index in [-0.39, 0.29) is 12.2 Å². The van der Waals surface area contributed by atoms with Gasteiger partial charge in [-0.15, -0.1) is 0 Å². The van der Waals surface area contributed by atoms with E-state index >= 15 is 0 Å². The van der Waals surface area contributed by atoms with Gasteiger partial charge in [0.2, 0.25) is 0 Å². The Bertz CT molecular complexity index is 665. The van der Waals surface area contributed by atoms with Crippen LogP contribution in [0.1, 0.15) is 22.3 Å². The van der Waals surface area contributed by atoms with Crippen LogP contribution in [0.4, 0.5) is 0 Å². The molecule has 0 aliphatic carbocycles. The highest BCUT2D eigenvalue weighted by atomic mass is 16.3. The topological polar surface area (TPSA) is 40.5 Å². The lowest BCUT2D eigenvalue weighted by atomic mass is 9.81. The number of hydrogen-bond donors (Lipinski definition) is 1. The molecule has 2 aromatic rings. The number of ketones is 1. The molecule has 0 spiro atoms. The number of carbonyl (C=O) groups excluding carboxylic acids is 1. The molecule has 0 aromatic heterocycles. The van der Waals surface area contributed by atoms with Crippen LogP contribution in [0.15, 0.2) is 72.8 Å². The highest BCUT2D eigenvalue weighted by molar-refractivity contribution is 6.03. The summed E-state index contributed by atoms with van der Waals surface area (Å²) >= 11 is 0. The van der Waals surface area contributed by atoms with E-state index in [2.05, 4.69) is 6.58 Å². The summed E-state index contributed by atoms with van der Waals surface area (Å²) in [5.41, 5.74) is 0.297. The fraction of sp³-hybridized carbons (Fsp3) is 0.250. The zero-order chi connectivity index (χ0) is 16.9. The van der Waals surface area contributed by atoms with Gasteiger partial charge in [-0.2, -0.15) is 0 Å². The van der Waals surface area contributed by atoms with Gasteiger partial charge in [0.25, 0.3) is 0 Å². The molecule has 0 amide bonds. The van der Waals surface area contributed by atoms with Crippen LogP contribution in [0, 0.1) is 0 Å². The average molecular weight is 309 g/mol. The van der Waals surface area contributed by atoms with Gasteiger partial charge in [0.15, 0.2) is 11.4 Å². The van der Waals surface area contributed by atoms with Gasteiger partial charge in [0.1, 0.15) is 0 Å². The summed E-state index contributed by atoms with van der Waals surface area (Å²) in [5.74, 6) is -0.302. The molecule has 2 rings (SSSR count). The first-order valence-electron chi connectivity index (χ1n) is 7.62. The van der Waals surface area contributed by atoms with Crippen molar-refractivity contribution in [2.75, 3.05) is 20.6 Å². The van der Waals surface area contributed by atoms with Crippen molar-refractivity contribution in [1.29, 1.82) is 0 Å². The Morgan fingerprint density at radius 2 is 1.57 bits per heavy atom. The van der Waals surface area contributed by atoms with Gasteiger partial charge in [0.05, 0.1) is 0 Å². The quantitative estimate of drug-likeness (QED) is 0.630. The zero-order valence-electron chi connectivity index (χ0n) is 13.7. The van der Waals surface area contributed by atoms with Crippen LogP contribution in [0.3, 0.4) is 0 Å². The minimum absolute atomic E-state index is 0.197. The highest BCUT2D eigenvalue weighted by Crippen LogP contribution is 2.32. The van der Waals surface area contributed by atoms with Crippen molar-refractivity contribution in [3.05, 3.63) is 83.9 Å². The second kappa shape index (κ2) is 7.36. The summed E-state index contributed by atoms with van der Waals surface area (Å²) in [6.45, 7) is 4.65. The monoisotopic (exact) mass is 309 g/mol. The summed E-state index contributed by atoms with van der Waals surface area (Å²) in [7, 11) is 3.87. The first-order valence-corrected chi connectivity index (χ1v) is 7.62. The molecule has 0 fully saturated rings. The van der Waals surface area contributed by atoms with E-state index in [0.717, 1.165) is 5.57 Å². The summed E-state index contributed by atoms with van der Waals surface area (Å²) in [6, 6.07) is 18.0. The summed E-state index contributed by atoms with van der Waals surface area (Å²) in [4.78, 5) is 15.0. The number of hydrogen-bond acceptors (Lipinski definition) is 3. The Hall–Kier alpha value is -2.23. The molecule has 0 aliphatic rings. The maximum Gasteiger partial charge on any atom is 0.199 e. The fourth-order valence-corrected chi connectivity index (χ4v) is 2.72. The Labute approximate surface area is 137 Å². The van der Waals surface area contributed by atoms with Gasteiger partial charge >= 0.3 is 0 Å². The molecule has 1 atom stereocenters. The number of nitrogens with zero attached hydrogens (tertiary/aromatic N) is 1. The predicted molar refractivity (Wildman–Crippen MR) is 93.4 cm³/mol. The molecular formula is C20H23NO2. The second-order valence-corrected chi connectivity index (χ2v) is 6.09. The van der Waals surface area contributed by atoms with Crippen molar-refractivity contribution in [2.24, 2.45) is 0 Å². The third-order valence-electron chi connectivity index (χ3n) is 3.71. The summed E-state index contributed by atoms with van der Waals surface area (Å²) < 4.78 is 0. The van der Waals surface area contributed by atoms with E-state index in [1.165, 1.54) is 0 Å². The Morgan fingerprint density at radius 1 is 1.04 bits per heavy atom. The lowest BCUT2D eigenvalue weighted by molar-refractivity contribution is 0.0293. The molecule has 3 heteroatoms. The molecule has 0 saturated carbocycles. The molecule has 0 heterocycles. The number of benzene rings is 2. The van der Waals surface area contributed by atoms with Gasteiger partial charge in [-0.25, -0.2) is 0 Å². The van der Waals surface area contributed by atoms with Crippen molar-refractivity contribution in [1.82, 2.24) is 4.90 Å². The van der Waals surface area contributed by atoms with E-state index in [9.17, 15) is 9.90 Å². The maximum absolute atomic E-state index is 13.0. The molecule has 0 saturated heterocycles. The second-order valence-electron chi connectivity index (χ2n) is 6.09. The maximum atomic E-state index is 13.0. The van der Waals surface area contributed by atoms with Crippen molar-refractivity contribution < 1.29 is 9.90 Å². The van der Waals surface area contributed by atoms with Gasteiger partial charge < -0.3 is 10.0 Å². The largest absolute Gasteiger partial charge is 0.377 e. The lowest BCUT2D eigenvalue weighted by Gasteiger charge is -2.29. The van der Waals surface area contributed by atoms with Crippen LogP contribution in [0.5, 0.6) is 0 Å². The molecule has 0 aliphatic heterocycles. The Balaban J connectivity index is 2.39. The van der Waals surface area contributed by atoms with E-state index < -0.39 is 5.60 Å². The van der Waals surface area contributed by atoms with Crippen LogP contribution in [-0.2, 0) is 5.60 Å². The molecule has 1 unspecified atom stereocenters. The molecule has 1 N–H and O–H groups in total. The van der Waals surface area contributed by atoms with Gasteiger partial charge in [-0.05, 0) is 19.7 Å². The Morgan fingerprint density at radius 3 is 2.09 bits per heavy atom. The smallest absolute Gasteiger partial charge is 0.199 e. The first kappa shape index (κ1) is 17.1. The SMILES string of the molecule is C=C(CN(C)C)CC(O)(C(=O)c1ccccc1)c1ccccc1. The summed E-state index contributed by atoms with van der Waals surface area (Å²) in [5, 5.41) is 11.3. The molecule has 0 bridgehead atoms. The van der Waals surface area contributed by atoms with Crippen molar-refractivity contribution in [3.8, 4) is 0 Å². The van der Waals surface area contributed by atoms with Crippen LogP contribution in [-0.4, -0.2) is 36.4 Å². The van der Waals surface area contributed by atoms with E-state index in [1.807, 2.05) is 43.3 Å². The summed E-state index contributed by atoms with van der Waals surface area (Å²) in [6.07, 6.45) is 0.197. The zero-order valence-corrected chi connectivity index (χ0v) is 13.7. The number of aliphatic hydroxyl groups is 1. The van der Waals surface area contributed by atoms with Crippen molar-refractivity contribution in [3.63, 3.8) is 0 Å². The average Bonchev–Trinajstić information content (AvgIpc) is 2.54. The molecule has 23 heavy (non-hydrogen) atoms. The Kier molecular flexibility index (Phi) is 5.48. The van der Waals surface area contributed by atoms with Crippen molar-refractivity contribution in [2.45, 2.75) is 12.0 Å². The number of rotatable bonds is 7. The van der Waals surface area contributed by atoms with Gasteiger partial charge in [-0.3, -0.25) is 4.79 Å². The molecular weight excluding hydrogens is 286 g/mol. The molecule has 2 aromatic carbocycles. The molecule has 3 nitrogen and oxygen atoms in total. The van der Waals surface area contributed by atoms with Crippen molar-refractivity contribution >= 4 is 5.78 Å². The third kappa shape index (κ3) is 4.15. The number of likely N-dealkylation sites (N-methyl/N-ethyl adjacent to an activating group) is 1. The third-order valence-corrected chi connectivity index (χ3v) is 3.71. The molecule has 120 valence electrons. The van der Waals surface area contributed by atoms with E-state index in [0.29, 0.717) is 17.7 Å². The first-order chi connectivity index (χ1) is 10.9. The van der Waals surface area contributed by atoms with Gasteiger partial charge in [-0.1, -0.05) is 72.8 Å². The fourth-order valence-electron chi connectivity index (χ4n) is 2.72.